The second-order valence-electron chi connectivity index (χ2n) is 4.88. The van der Waals surface area contributed by atoms with Gasteiger partial charge in [0, 0.05) is 14.0 Å². The maximum absolute atomic E-state index is 12.6. The zero-order chi connectivity index (χ0) is 17.5. The molecule has 0 aliphatic heterocycles. The molecule has 0 fully saturated rings. The van der Waals surface area contributed by atoms with Crippen LogP contribution in [0, 0.1) is 0 Å². The number of nitrogens with one attached hydrogen (secondary N) is 2. The van der Waals surface area contributed by atoms with Crippen molar-refractivity contribution in [2.75, 3.05) is 19.5 Å². The molecule has 0 radical (unpaired) electrons. The molecule has 1 aromatic heterocycles. The minimum atomic E-state index is -0.393. The monoisotopic (exact) mass is 350 g/mol. The zero-order valence-corrected chi connectivity index (χ0v) is 14.2. The number of hydrazine groups is 1. The normalized spacial score (nSPS) is 10.6. The summed E-state index contributed by atoms with van der Waals surface area (Å²) in [5.74, 6) is -0.747. The standard InChI is InChI=1S/C15H18N4O4S/c1-10(20)17-18-13(21)9-24-15-16-12-6-4-3-5-11(12)14(22)19(15)7-8-23-2/h3-6H,7-9H2,1-2H3,(H,17,20)(H,18,21). The number of amides is 2. The molecule has 2 aromatic rings. The van der Waals surface area contributed by atoms with Crippen LogP contribution < -0.4 is 16.4 Å². The molecule has 128 valence electrons. The van der Waals surface area contributed by atoms with Crippen LogP contribution in [0.4, 0.5) is 0 Å². The van der Waals surface area contributed by atoms with Crippen molar-refractivity contribution in [2.24, 2.45) is 0 Å². The number of thioether (sulfide) groups is 1. The average Bonchev–Trinajstić information content (AvgIpc) is 2.57. The van der Waals surface area contributed by atoms with Gasteiger partial charge in [-0.15, -0.1) is 0 Å². The van der Waals surface area contributed by atoms with Crippen molar-refractivity contribution >= 4 is 34.5 Å². The van der Waals surface area contributed by atoms with Gasteiger partial charge in [-0.3, -0.25) is 29.8 Å². The van der Waals surface area contributed by atoms with E-state index in [2.05, 4.69) is 15.8 Å². The van der Waals surface area contributed by atoms with Crippen LogP contribution in [0.15, 0.2) is 34.2 Å². The maximum Gasteiger partial charge on any atom is 0.262 e. The van der Waals surface area contributed by atoms with E-state index in [1.54, 1.807) is 31.4 Å². The molecular weight excluding hydrogens is 332 g/mol. The van der Waals surface area contributed by atoms with E-state index in [1.165, 1.54) is 11.5 Å². The summed E-state index contributed by atoms with van der Waals surface area (Å²) >= 11 is 1.12. The Morgan fingerprint density at radius 3 is 2.75 bits per heavy atom. The smallest absolute Gasteiger partial charge is 0.262 e. The molecule has 2 amide bonds. The first-order valence-corrected chi connectivity index (χ1v) is 8.18. The van der Waals surface area contributed by atoms with E-state index in [1.807, 2.05) is 0 Å². The number of hydrogen-bond acceptors (Lipinski definition) is 6. The van der Waals surface area contributed by atoms with Crippen molar-refractivity contribution in [1.82, 2.24) is 20.4 Å². The molecule has 0 bridgehead atoms. The van der Waals surface area contributed by atoms with Crippen LogP contribution in [0.5, 0.6) is 0 Å². The van der Waals surface area contributed by atoms with Gasteiger partial charge >= 0.3 is 0 Å². The van der Waals surface area contributed by atoms with Gasteiger partial charge in [0.2, 0.25) is 11.8 Å². The number of para-hydroxylation sites is 1. The van der Waals surface area contributed by atoms with E-state index < -0.39 is 5.91 Å². The third kappa shape index (κ3) is 4.56. The van der Waals surface area contributed by atoms with Gasteiger partial charge in [0.1, 0.15) is 0 Å². The fourth-order valence-electron chi connectivity index (χ4n) is 1.96. The van der Waals surface area contributed by atoms with E-state index in [0.717, 1.165) is 11.8 Å². The van der Waals surface area contributed by atoms with E-state index in [4.69, 9.17) is 4.74 Å². The van der Waals surface area contributed by atoms with E-state index in [9.17, 15) is 14.4 Å². The number of methoxy groups -OCH3 is 1. The molecule has 2 rings (SSSR count). The molecular formula is C15H18N4O4S. The lowest BCUT2D eigenvalue weighted by Gasteiger charge is -2.12. The molecule has 0 saturated carbocycles. The van der Waals surface area contributed by atoms with Gasteiger partial charge in [-0.05, 0) is 12.1 Å². The van der Waals surface area contributed by atoms with Gasteiger partial charge in [0.25, 0.3) is 5.56 Å². The summed E-state index contributed by atoms with van der Waals surface area (Å²) in [5, 5.41) is 0.939. The topological polar surface area (TPSA) is 102 Å². The van der Waals surface area contributed by atoms with Gasteiger partial charge in [-0.1, -0.05) is 23.9 Å². The number of carbonyl (C=O) groups excluding carboxylic acids is 2. The molecule has 2 N–H and O–H groups in total. The van der Waals surface area contributed by atoms with Crippen molar-refractivity contribution in [2.45, 2.75) is 18.6 Å². The number of fused-ring (bicyclic) bond motifs is 1. The SMILES string of the molecule is COCCn1c(SCC(=O)NNC(C)=O)nc2ccccc2c1=O. The molecule has 0 saturated heterocycles. The van der Waals surface area contributed by atoms with Crippen LogP contribution in [0.2, 0.25) is 0 Å². The summed E-state index contributed by atoms with van der Waals surface area (Å²) < 4.78 is 6.52. The highest BCUT2D eigenvalue weighted by atomic mass is 32.2. The van der Waals surface area contributed by atoms with Crippen molar-refractivity contribution in [3.8, 4) is 0 Å². The van der Waals surface area contributed by atoms with Gasteiger partial charge < -0.3 is 4.74 Å². The Morgan fingerprint density at radius 2 is 2.04 bits per heavy atom. The summed E-state index contributed by atoms with van der Waals surface area (Å²) in [6.07, 6.45) is 0. The summed E-state index contributed by atoms with van der Waals surface area (Å²) in [4.78, 5) is 39.6. The predicted molar refractivity (Wildman–Crippen MR) is 90.6 cm³/mol. The number of carbonyl (C=O) groups is 2. The first kappa shape index (κ1) is 18.0. The van der Waals surface area contributed by atoms with E-state index in [-0.39, 0.29) is 17.2 Å². The molecule has 24 heavy (non-hydrogen) atoms. The molecule has 8 nitrogen and oxygen atoms in total. The first-order chi connectivity index (χ1) is 11.5. The Balaban J connectivity index is 2.25. The van der Waals surface area contributed by atoms with Crippen LogP contribution in [-0.4, -0.2) is 40.8 Å². The third-order valence-corrected chi connectivity index (χ3v) is 4.03. The van der Waals surface area contributed by atoms with Crippen molar-refractivity contribution in [1.29, 1.82) is 0 Å². The molecule has 1 aromatic carbocycles. The fourth-order valence-corrected chi connectivity index (χ4v) is 2.79. The summed E-state index contributed by atoms with van der Waals surface area (Å²) in [5.41, 5.74) is 4.87. The number of benzene rings is 1. The zero-order valence-electron chi connectivity index (χ0n) is 13.4. The van der Waals surface area contributed by atoms with Crippen LogP contribution in [-0.2, 0) is 20.9 Å². The minimum absolute atomic E-state index is 0.0119. The Labute approximate surface area is 142 Å². The molecule has 0 aliphatic carbocycles. The van der Waals surface area contributed by atoms with Crippen molar-refractivity contribution in [3.63, 3.8) is 0 Å². The molecule has 0 unspecified atom stereocenters. The number of nitrogens with zero attached hydrogens (tertiary/aromatic N) is 2. The Morgan fingerprint density at radius 1 is 1.29 bits per heavy atom. The molecule has 0 spiro atoms. The van der Waals surface area contributed by atoms with Crippen LogP contribution in [0.1, 0.15) is 6.92 Å². The van der Waals surface area contributed by atoms with Gasteiger partial charge in [-0.2, -0.15) is 0 Å². The van der Waals surface area contributed by atoms with Crippen LogP contribution in [0.3, 0.4) is 0 Å². The largest absolute Gasteiger partial charge is 0.383 e. The number of ether oxygens (including phenoxy) is 1. The second kappa shape index (κ2) is 8.46. The Hall–Kier alpha value is -2.39. The summed E-state index contributed by atoms with van der Waals surface area (Å²) in [6.45, 7) is 1.98. The lowest BCUT2D eigenvalue weighted by molar-refractivity contribution is -0.126. The van der Waals surface area contributed by atoms with Gasteiger partial charge in [-0.25, -0.2) is 4.98 Å². The summed E-state index contributed by atoms with van der Waals surface area (Å²) in [7, 11) is 1.55. The highest BCUT2D eigenvalue weighted by Gasteiger charge is 2.13. The van der Waals surface area contributed by atoms with Crippen LogP contribution >= 0.6 is 11.8 Å². The van der Waals surface area contributed by atoms with E-state index in [0.29, 0.717) is 29.2 Å². The lowest BCUT2D eigenvalue weighted by Crippen LogP contribution is -2.41. The van der Waals surface area contributed by atoms with Gasteiger partial charge in [0.15, 0.2) is 5.16 Å². The van der Waals surface area contributed by atoms with E-state index >= 15 is 0 Å². The quantitative estimate of drug-likeness (QED) is 0.441. The first-order valence-electron chi connectivity index (χ1n) is 7.19. The molecule has 0 aliphatic rings. The highest BCUT2D eigenvalue weighted by Crippen LogP contribution is 2.17. The number of hydrogen-bond donors (Lipinski definition) is 2. The van der Waals surface area contributed by atoms with Crippen molar-refractivity contribution in [3.05, 3.63) is 34.6 Å². The second-order valence-corrected chi connectivity index (χ2v) is 5.82. The predicted octanol–water partition coefficient (Wildman–Crippen LogP) is 0.302. The molecule has 1 heterocycles. The number of aromatic nitrogens is 2. The highest BCUT2D eigenvalue weighted by molar-refractivity contribution is 7.99. The molecule has 0 atom stereocenters. The Kier molecular flexibility index (Phi) is 6.33. The average molecular weight is 350 g/mol. The maximum atomic E-state index is 12.6. The number of rotatable bonds is 6. The third-order valence-electron chi connectivity index (χ3n) is 3.06. The van der Waals surface area contributed by atoms with Crippen molar-refractivity contribution < 1.29 is 14.3 Å². The fraction of sp³-hybridized carbons (Fsp3) is 0.333. The lowest BCUT2D eigenvalue weighted by atomic mass is 10.2. The molecule has 9 heteroatoms. The Bertz CT molecular complexity index is 806. The minimum Gasteiger partial charge on any atom is -0.383 e. The van der Waals surface area contributed by atoms with Gasteiger partial charge in [0.05, 0.1) is 29.8 Å². The summed E-state index contributed by atoms with van der Waals surface area (Å²) in [6, 6.07) is 7.04. The van der Waals surface area contributed by atoms with Crippen LogP contribution in [0.25, 0.3) is 10.9 Å².